The molecule has 116 heavy (non-hydrogen) atoms. The summed E-state index contributed by atoms with van der Waals surface area (Å²) in [5, 5.41) is 0.624. The lowest BCUT2D eigenvalue weighted by Gasteiger charge is -2.44. The van der Waals surface area contributed by atoms with Gasteiger partial charge in [-0.3, -0.25) is 0 Å². The second-order valence-corrected chi connectivity index (χ2v) is 29.3. The first-order chi connectivity index (χ1) is 57.5. The predicted molar refractivity (Wildman–Crippen MR) is 492 cm³/mol. The van der Waals surface area contributed by atoms with Gasteiger partial charge in [-0.25, -0.2) is 0 Å². The summed E-state index contributed by atoms with van der Waals surface area (Å²) in [6.07, 6.45) is 0. The Hall–Kier alpha value is -14.9. The van der Waals surface area contributed by atoms with Gasteiger partial charge < -0.3 is 29.4 Å². The molecule has 2 aliphatic rings. The van der Waals surface area contributed by atoms with Gasteiger partial charge in [0.15, 0.2) is 0 Å². The molecule has 0 fully saturated rings. The molecule has 550 valence electrons. The van der Waals surface area contributed by atoms with Crippen LogP contribution in [-0.2, 0) is 0 Å². The van der Waals surface area contributed by atoms with E-state index in [-0.39, 0.29) is 6.71 Å². The molecule has 0 saturated carbocycles. The Morgan fingerprint density at radius 2 is 0.466 bits per heavy atom. The Morgan fingerprint density at radius 1 is 0.181 bits per heavy atom. The van der Waals surface area contributed by atoms with Crippen LogP contribution in [-0.4, -0.2) is 6.71 Å². The van der Waals surface area contributed by atoms with E-state index in [1.54, 1.807) is 0 Å². The molecule has 18 aromatic carbocycles. The van der Waals surface area contributed by atoms with Crippen LogP contribution < -0.4 is 45.8 Å². The zero-order valence-corrected chi connectivity index (χ0v) is 64.4. The molecule has 2 heterocycles. The van der Waals surface area contributed by atoms with Crippen LogP contribution in [0.15, 0.2) is 473 Å². The van der Waals surface area contributed by atoms with E-state index in [0.717, 1.165) is 90.8 Å². The third-order valence-electron chi connectivity index (χ3n) is 21.9. The van der Waals surface area contributed by atoms with Gasteiger partial charge in [0, 0.05) is 91.0 Å². The molecule has 0 bridgehead atoms. The van der Waals surface area contributed by atoms with Crippen molar-refractivity contribution < 1.29 is 0 Å². The monoisotopic (exact) mass is 1500 g/mol. The molecule has 0 unspecified atom stereocenters. The van der Waals surface area contributed by atoms with Gasteiger partial charge in [-0.05, 0) is 231 Å². The molecule has 0 N–H and O–H groups in total. The molecule has 0 atom stereocenters. The standard InChI is InChI=1S/C54H38BN3.C54H40ClN3/c1-6-17-39(18-7-1)41-29-32-46(33-30-41)57-50-36-31-42(40-19-8-2-9-20-40)37-49(50)55-48-35-34-47(56(43-21-10-3-11-22-43)44-23-12-4-13-24-44)38-53(48)58(45-25-14-5-15-26-45)52-28-16-27-51(57)54(52)55;55-54-52(57(48-36-32-43(33-37-48)41-18-6-1-7-19-41)49-38-34-44(35-39-49)42-20-8-2-9-21-42)30-17-31-53(54)58(47-26-14-5-15-27-47)51-29-16-28-50(40-51)56(45-22-10-3-11-23-45)46-24-12-4-13-25-46/h1-38H;1-40H. The second-order valence-electron chi connectivity index (χ2n) is 28.9. The van der Waals surface area contributed by atoms with Crippen LogP contribution in [0.5, 0.6) is 0 Å². The fourth-order valence-corrected chi connectivity index (χ4v) is 16.9. The predicted octanol–water partition coefficient (Wildman–Crippen LogP) is 28.7. The molecule has 18 aromatic rings. The zero-order valence-electron chi connectivity index (χ0n) is 63.7. The normalized spacial score (nSPS) is 11.6. The minimum atomic E-state index is -0.00406. The summed E-state index contributed by atoms with van der Waals surface area (Å²) >= 11 is 7.75. The SMILES string of the molecule is Clc1c(N(c2ccc(-c3ccccc3)cc2)c2ccc(-c3ccccc3)cc2)cccc1N(c1ccccc1)c1cccc(N(c2ccccc2)c2ccccc2)c1.c1ccc(-c2ccc(N3c4ccc(-c5ccccc5)cc4B4c5ccc(N(c6ccccc6)c6ccccc6)cc5N(c5ccccc5)c5cccc3c54)cc2)cc1. The number of para-hydroxylation sites is 6. The molecule has 8 heteroatoms. The number of nitrogens with zero attached hydrogens (tertiary/aromatic N) is 6. The fourth-order valence-electron chi connectivity index (χ4n) is 16.6. The van der Waals surface area contributed by atoms with Gasteiger partial charge in [-0.1, -0.05) is 315 Å². The minimum absolute atomic E-state index is 0.00406. The quantitative estimate of drug-likeness (QED) is 0.0792. The second kappa shape index (κ2) is 32.4. The molecular weight excluding hydrogens is 1430 g/mol. The molecule has 20 rings (SSSR count). The molecule has 2 aliphatic heterocycles. The Kier molecular flexibility index (Phi) is 20.0. The van der Waals surface area contributed by atoms with E-state index in [1.807, 2.05) is 30.3 Å². The Bertz CT molecular complexity index is 6220. The van der Waals surface area contributed by atoms with Gasteiger partial charge in [0.2, 0.25) is 0 Å². The summed E-state index contributed by atoms with van der Waals surface area (Å²) in [4.78, 5) is 14.1. The van der Waals surface area contributed by atoms with E-state index in [0.29, 0.717) is 5.02 Å². The zero-order chi connectivity index (χ0) is 77.5. The molecule has 0 amide bonds. The summed E-state index contributed by atoms with van der Waals surface area (Å²) in [6, 6.07) is 168. The molecule has 0 aromatic heterocycles. The minimum Gasteiger partial charge on any atom is -0.311 e. The Balaban J connectivity index is 0.000000155. The first-order valence-corrected chi connectivity index (χ1v) is 39.8. The number of rotatable bonds is 18. The number of hydrogen-bond donors (Lipinski definition) is 0. The van der Waals surface area contributed by atoms with Crippen molar-refractivity contribution in [2.45, 2.75) is 0 Å². The van der Waals surface area contributed by atoms with Crippen molar-refractivity contribution in [3.63, 3.8) is 0 Å². The van der Waals surface area contributed by atoms with Crippen LogP contribution >= 0.6 is 11.6 Å². The largest absolute Gasteiger partial charge is 0.311 e. The number of halogens is 1. The van der Waals surface area contributed by atoms with Crippen molar-refractivity contribution in [1.29, 1.82) is 0 Å². The number of anilines is 18. The third kappa shape index (κ3) is 14.2. The van der Waals surface area contributed by atoms with Gasteiger partial charge in [-0.15, -0.1) is 0 Å². The van der Waals surface area contributed by atoms with E-state index >= 15 is 0 Å². The van der Waals surface area contributed by atoms with Crippen molar-refractivity contribution >= 4 is 137 Å². The van der Waals surface area contributed by atoms with Crippen molar-refractivity contribution in [3.8, 4) is 44.5 Å². The van der Waals surface area contributed by atoms with Gasteiger partial charge in [-0.2, -0.15) is 0 Å². The summed E-state index contributed by atoms with van der Waals surface area (Å²) in [5.41, 5.74) is 32.6. The van der Waals surface area contributed by atoms with Gasteiger partial charge in [0.05, 0.1) is 16.4 Å². The highest BCUT2D eigenvalue weighted by Gasteiger charge is 2.44. The van der Waals surface area contributed by atoms with Gasteiger partial charge in [0.1, 0.15) is 0 Å². The van der Waals surface area contributed by atoms with E-state index in [1.165, 1.54) is 72.5 Å². The fraction of sp³-hybridized carbons (Fsp3) is 0. The van der Waals surface area contributed by atoms with Crippen LogP contribution in [0.4, 0.5) is 102 Å². The average Bonchev–Trinajstić information content (AvgIpc) is 0.697. The topological polar surface area (TPSA) is 19.4 Å². The maximum absolute atomic E-state index is 7.75. The number of hydrogen-bond acceptors (Lipinski definition) is 6. The molecule has 6 nitrogen and oxygen atoms in total. The highest BCUT2D eigenvalue weighted by Crippen LogP contribution is 2.51. The summed E-state index contributed by atoms with van der Waals surface area (Å²) < 4.78 is 0. The van der Waals surface area contributed by atoms with E-state index in [9.17, 15) is 0 Å². The van der Waals surface area contributed by atoms with E-state index in [2.05, 4.69) is 472 Å². The van der Waals surface area contributed by atoms with Crippen LogP contribution in [0, 0.1) is 0 Å². The van der Waals surface area contributed by atoms with Crippen LogP contribution in [0.3, 0.4) is 0 Å². The maximum atomic E-state index is 7.75. The van der Waals surface area contributed by atoms with Crippen LogP contribution in [0.2, 0.25) is 5.02 Å². The number of fused-ring (bicyclic) bond motifs is 4. The smallest absolute Gasteiger partial charge is 0.252 e. The molecule has 0 radical (unpaired) electrons. The Morgan fingerprint density at radius 3 is 0.897 bits per heavy atom. The van der Waals surface area contributed by atoms with Crippen molar-refractivity contribution in [1.82, 2.24) is 0 Å². The first-order valence-electron chi connectivity index (χ1n) is 39.4. The van der Waals surface area contributed by atoms with Crippen molar-refractivity contribution in [2.24, 2.45) is 0 Å². The van der Waals surface area contributed by atoms with E-state index in [4.69, 9.17) is 11.6 Å². The lowest BCUT2D eigenvalue weighted by molar-refractivity contribution is 1.24. The van der Waals surface area contributed by atoms with Crippen LogP contribution in [0.25, 0.3) is 44.5 Å². The summed E-state index contributed by atoms with van der Waals surface area (Å²) in [5.74, 6) is 0. The lowest BCUT2D eigenvalue weighted by Crippen LogP contribution is -2.61. The van der Waals surface area contributed by atoms with Crippen molar-refractivity contribution in [2.75, 3.05) is 29.4 Å². The van der Waals surface area contributed by atoms with Crippen molar-refractivity contribution in [3.05, 3.63) is 478 Å². The van der Waals surface area contributed by atoms with Gasteiger partial charge >= 0.3 is 0 Å². The lowest BCUT2D eigenvalue weighted by atomic mass is 9.33. The molecule has 0 saturated heterocycles. The molecular formula is C108H78BClN6. The molecule has 0 aliphatic carbocycles. The average molecular weight is 1510 g/mol. The highest BCUT2D eigenvalue weighted by molar-refractivity contribution is 7.00. The first kappa shape index (κ1) is 71.4. The highest BCUT2D eigenvalue weighted by atomic mass is 35.5. The van der Waals surface area contributed by atoms with Crippen LogP contribution in [0.1, 0.15) is 0 Å². The summed E-state index contributed by atoms with van der Waals surface area (Å²) in [6.45, 7) is -0.00406. The van der Waals surface area contributed by atoms with Gasteiger partial charge in [0.25, 0.3) is 6.71 Å². The maximum Gasteiger partial charge on any atom is 0.252 e. The number of benzene rings is 18. The Labute approximate surface area is 684 Å². The molecule has 0 spiro atoms. The summed E-state index contributed by atoms with van der Waals surface area (Å²) in [7, 11) is 0. The van der Waals surface area contributed by atoms with E-state index < -0.39 is 0 Å². The third-order valence-corrected chi connectivity index (χ3v) is 22.3.